The van der Waals surface area contributed by atoms with E-state index in [1.807, 2.05) is 43.5 Å². The number of hydrogen-bond donors (Lipinski definition) is 2. The lowest BCUT2D eigenvalue weighted by Gasteiger charge is -2.10. The van der Waals surface area contributed by atoms with Crippen molar-refractivity contribution in [1.29, 1.82) is 0 Å². The first kappa shape index (κ1) is 20.0. The molecule has 0 spiro atoms. The number of nitrogens with one attached hydrogen (secondary N) is 2. The van der Waals surface area contributed by atoms with Crippen molar-refractivity contribution in [3.05, 3.63) is 46.9 Å². The third-order valence-corrected chi connectivity index (χ3v) is 5.78. The summed E-state index contributed by atoms with van der Waals surface area (Å²) in [5, 5.41) is 10.6. The van der Waals surface area contributed by atoms with Crippen molar-refractivity contribution in [2.24, 2.45) is 0 Å². The van der Waals surface area contributed by atoms with Crippen LogP contribution in [0.1, 0.15) is 36.0 Å². The van der Waals surface area contributed by atoms with Gasteiger partial charge < -0.3 is 10.6 Å². The van der Waals surface area contributed by atoms with E-state index in [-0.39, 0.29) is 11.8 Å². The first-order valence-corrected chi connectivity index (χ1v) is 10.4. The van der Waals surface area contributed by atoms with E-state index in [9.17, 15) is 9.59 Å². The number of hydrogen-bond acceptors (Lipinski definition) is 6. The minimum absolute atomic E-state index is 0.105. The average molecular weight is 423 g/mol. The number of carbonyl (C=O) groups excluding carboxylic acids is 2. The second kappa shape index (κ2) is 7.83. The standard InChI is InChI=1S/C21H22N6O2S/c1-11-9-19-22-12(2)16(13(3)27(19)26-11)6-8-20(29)25-21-24-17-7-5-15(23-14(4)28)10-18(17)30-21/h5,7,9-10H,6,8H2,1-4H3,(H,23,28)(H,24,25,29). The fourth-order valence-electron chi connectivity index (χ4n) is 3.48. The Morgan fingerprint density at radius 2 is 1.90 bits per heavy atom. The van der Waals surface area contributed by atoms with Crippen molar-refractivity contribution >= 4 is 49.8 Å². The average Bonchev–Trinajstić information content (AvgIpc) is 3.22. The summed E-state index contributed by atoms with van der Waals surface area (Å²) in [6.45, 7) is 7.37. The Balaban J connectivity index is 1.46. The molecule has 1 aromatic carbocycles. The van der Waals surface area contributed by atoms with Crippen molar-refractivity contribution in [3.63, 3.8) is 0 Å². The zero-order valence-electron chi connectivity index (χ0n) is 17.2. The van der Waals surface area contributed by atoms with Gasteiger partial charge in [0, 0.05) is 36.5 Å². The minimum atomic E-state index is -0.129. The maximum absolute atomic E-state index is 12.5. The lowest BCUT2D eigenvalue weighted by atomic mass is 10.1. The van der Waals surface area contributed by atoms with Gasteiger partial charge in [-0.25, -0.2) is 14.5 Å². The summed E-state index contributed by atoms with van der Waals surface area (Å²) in [5.74, 6) is -0.234. The fourth-order valence-corrected chi connectivity index (χ4v) is 4.40. The lowest BCUT2D eigenvalue weighted by molar-refractivity contribution is -0.116. The third kappa shape index (κ3) is 4.02. The van der Waals surface area contributed by atoms with Crippen molar-refractivity contribution in [2.45, 2.75) is 40.5 Å². The number of anilines is 2. The molecule has 8 nitrogen and oxygen atoms in total. The molecule has 30 heavy (non-hydrogen) atoms. The number of amides is 2. The van der Waals surface area contributed by atoms with E-state index in [0.29, 0.717) is 23.7 Å². The molecule has 0 aliphatic rings. The molecule has 0 fully saturated rings. The first-order valence-electron chi connectivity index (χ1n) is 9.60. The fraction of sp³-hybridized carbons (Fsp3) is 0.286. The van der Waals surface area contributed by atoms with Crippen molar-refractivity contribution in [2.75, 3.05) is 10.6 Å². The highest BCUT2D eigenvalue weighted by atomic mass is 32.1. The molecule has 2 amide bonds. The lowest BCUT2D eigenvalue weighted by Crippen LogP contribution is -2.14. The molecule has 4 aromatic rings. The molecular formula is C21H22N6O2S. The maximum atomic E-state index is 12.5. The number of nitrogens with zero attached hydrogens (tertiary/aromatic N) is 4. The Hall–Kier alpha value is -3.33. The quantitative estimate of drug-likeness (QED) is 0.509. The summed E-state index contributed by atoms with van der Waals surface area (Å²) in [4.78, 5) is 32.8. The molecule has 3 aromatic heterocycles. The van der Waals surface area contributed by atoms with Crippen molar-refractivity contribution in [3.8, 4) is 0 Å². The molecule has 3 heterocycles. The van der Waals surface area contributed by atoms with Gasteiger partial charge in [0.05, 0.1) is 15.9 Å². The van der Waals surface area contributed by atoms with Crippen LogP contribution < -0.4 is 10.6 Å². The van der Waals surface area contributed by atoms with E-state index in [1.165, 1.54) is 18.3 Å². The summed E-state index contributed by atoms with van der Waals surface area (Å²) < 4.78 is 2.72. The second-order valence-corrected chi connectivity index (χ2v) is 8.28. The third-order valence-electron chi connectivity index (χ3n) is 4.84. The smallest absolute Gasteiger partial charge is 0.226 e. The summed E-state index contributed by atoms with van der Waals surface area (Å²) >= 11 is 1.38. The topological polar surface area (TPSA) is 101 Å². The van der Waals surface area contributed by atoms with Gasteiger partial charge in [0.15, 0.2) is 10.8 Å². The molecule has 0 radical (unpaired) electrons. The number of aryl methyl sites for hydroxylation is 3. The van der Waals surface area contributed by atoms with Gasteiger partial charge in [0.2, 0.25) is 11.8 Å². The predicted molar refractivity (Wildman–Crippen MR) is 118 cm³/mol. The number of thiazole rings is 1. The number of rotatable bonds is 5. The van der Waals surface area contributed by atoms with E-state index in [0.717, 1.165) is 38.5 Å². The number of aromatic nitrogens is 4. The predicted octanol–water partition coefficient (Wildman–Crippen LogP) is 3.79. The van der Waals surface area contributed by atoms with E-state index in [1.54, 1.807) is 6.07 Å². The summed E-state index contributed by atoms with van der Waals surface area (Å²) in [6, 6.07) is 7.41. The van der Waals surface area contributed by atoms with Gasteiger partial charge in [-0.1, -0.05) is 11.3 Å². The normalized spacial score (nSPS) is 11.2. The van der Waals surface area contributed by atoms with Crippen LogP contribution in [0.3, 0.4) is 0 Å². The van der Waals surface area contributed by atoms with Crippen LogP contribution in [0.4, 0.5) is 10.8 Å². The van der Waals surface area contributed by atoms with Crippen LogP contribution in [0.2, 0.25) is 0 Å². The second-order valence-electron chi connectivity index (χ2n) is 7.25. The number of carbonyl (C=O) groups is 2. The van der Waals surface area contributed by atoms with Crippen molar-refractivity contribution in [1.82, 2.24) is 19.6 Å². The number of fused-ring (bicyclic) bond motifs is 2. The summed E-state index contributed by atoms with van der Waals surface area (Å²) in [5.41, 5.74) is 6.17. The zero-order chi connectivity index (χ0) is 21.4. The van der Waals surface area contributed by atoms with Crippen LogP contribution >= 0.6 is 11.3 Å². The Kier molecular flexibility index (Phi) is 5.21. The Labute approximate surface area is 177 Å². The Bertz CT molecular complexity index is 1290. The van der Waals surface area contributed by atoms with Gasteiger partial charge in [0.1, 0.15) is 0 Å². The van der Waals surface area contributed by atoms with Crippen LogP contribution in [0.5, 0.6) is 0 Å². The van der Waals surface area contributed by atoms with Crippen LogP contribution in [0, 0.1) is 20.8 Å². The van der Waals surface area contributed by atoms with Gasteiger partial charge in [-0.2, -0.15) is 5.10 Å². The molecule has 0 atom stereocenters. The molecule has 0 bridgehead atoms. The van der Waals surface area contributed by atoms with Gasteiger partial charge in [-0.05, 0) is 51.0 Å². The largest absolute Gasteiger partial charge is 0.326 e. The summed E-state index contributed by atoms with van der Waals surface area (Å²) in [7, 11) is 0. The molecule has 0 saturated heterocycles. The van der Waals surface area contributed by atoms with Crippen LogP contribution in [-0.2, 0) is 16.0 Å². The minimum Gasteiger partial charge on any atom is -0.326 e. The highest BCUT2D eigenvalue weighted by Crippen LogP contribution is 2.28. The van der Waals surface area contributed by atoms with Crippen molar-refractivity contribution < 1.29 is 9.59 Å². The van der Waals surface area contributed by atoms with E-state index >= 15 is 0 Å². The van der Waals surface area contributed by atoms with Crippen LogP contribution in [-0.4, -0.2) is 31.4 Å². The molecule has 4 rings (SSSR count). The SMILES string of the molecule is CC(=O)Nc1ccc2nc(NC(=O)CCc3c(C)nc4cc(C)nn4c3C)sc2c1. The number of benzene rings is 1. The van der Waals surface area contributed by atoms with Crippen LogP contribution in [0.25, 0.3) is 15.9 Å². The Morgan fingerprint density at radius 3 is 2.67 bits per heavy atom. The molecule has 9 heteroatoms. The molecule has 0 unspecified atom stereocenters. The molecular weight excluding hydrogens is 400 g/mol. The first-order chi connectivity index (χ1) is 14.3. The highest BCUT2D eigenvalue weighted by Gasteiger charge is 2.14. The molecule has 0 aliphatic carbocycles. The van der Waals surface area contributed by atoms with E-state index in [2.05, 4.69) is 25.7 Å². The molecule has 2 N–H and O–H groups in total. The highest BCUT2D eigenvalue weighted by molar-refractivity contribution is 7.22. The van der Waals surface area contributed by atoms with E-state index in [4.69, 9.17) is 0 Å². The summed E-state index contributed by atoms with van der Waals surface area (Å²) in [6.07, 6.45) is 0.894. The molecule has 0 aliphatic heterocycles. The van der Waals surface area contributed by atoms with E-state index < -0.39 is 0 Å². The molecule has 0 saturated carbocycles. The van der Waals surface area contributed by atoms with Crippen LogP contribution in [0.15, 0.2) is 24.3 Å². The van der Waals surface area contributed by atoms with Gasteiger partial charge in [-0.15, -0.1) is 0 Å². The monoisotopic (exact) mass is 422 g/mol. The maximum Gasteiger partial charge on any atom is 0.226 e. The molecule has 154 valence electrons. The van der Waals surface area contributed by atoms with Gasteiger partial charge in [0.25, 0.3) is 0 Å². The Morgan fingerprint density at radius 1 is 1.10 bits per heavy atom. The zero-order valence-corrected chi connectivity index (χ0v) is 18.1. The van der Waals surface area contributed by atoms with Gasteiger partial charge in [-0.3, -0.25) is 9.59 Å². The van der Waals surface area contributed by atoms with Gasteiger partial charge >= 0.3 is 0 Å².